The van der Waals surface area contributed by atoms with E-state index in [-0.39, 0.29) is 0 Å². The topological polar surface area (TPSA) is 70.6 Å². The molecule has 0 aliphatic carbocycles. The molecule has 5 nitrogen and oxygen atoms in total. The van der Waals surface area contributed by atoms with Crippen LogP contribution in [0.2, 0.25) is 10.0 Å². The monoisotopic (exact) mass is 452 g/mol. The second kappa shape index (κ2) is 11.6. The van der Waals surface area contributed by atoms with Crippen molar-refractivity contribution < 1.29 is 14.6 Å². The fourth-order valence-electron chi connectivity index (χ4n) is 2.93. The fourth-order valence-corrected chi connectivity index (χ4v) is 3.25. The summed E-state index contributed by atoms with van der Waals surface area (Å²) >= 11 is 12.0. The summed E-state index contributed by atoms with van der Waals surface area (Å²) in [4.78, 5) is 12.2. The molecule has 0 unspecified atom stereocenters. The standard InChI is InChI=1S/C23H30Cl2N2O3/c1-23(2,3)30-22(29)27-20(14-16-7-5-4-6-8-16)21(28)15-26-12-11-17-9-10-18(24)19(25)13-17/h4-10,13,20-21,26,28H,11-12,14-15H2,1-3H3,(H,27,29)/t20-,21+/m0/s1. The van der Waals surface area contributed by atoms with Crippen LogP contribution in [-0.4, -0.2) is 42.0 Å². The molecule has 0 saturated heterocycles. The minimum atomic E-state index is -0.786. The van der Waals surface area contributed by atoms with Gasteiger partial charge in [-0.3, -0.25) is 0 Å². The number of carbonyl (C=O) groups excluding carboxylic acids is 1. The van der Waals surface area contributed by atoms with Crippen LogP contribution in [-0.2, 0) is 17.6 Å². The van der Waals surface area contributed by atoms with Crippen molar-refractivity contribution >= 4 is 29.3 Å². The Morgan fingerprint density at radius 3 is 2.40 bits per heavy atom. The maximum Gasteiger partial charge on any atom is 0.407 e. The summed E-state index contributed by atoms with van der Waals surface area (Å²) in [6.07, 6.45) is -0.0906. The van der Waals surface area contributed by atoms with E-state index < -0.39 is 23.8 Å². The number of ether oxygens (including phenoxy) is 1. The molecule has 2 aromatic carbocycles. The van der Waals surface area contributed by atoms with Gasteiger partial charge in [0, 0.05) is 6.54 Å². The highest BCUT2D eigenvalue weighted by Crippen LogP contribution is 2.22. The van der Waals surface area contributed by atoms with Gasteiger partial charge in [0.15, 0.2) is 0 Å². The summed E-state index contributed by atoms with van der Waals surface area (Å²) in [5.41, 5.74) is 1.47. The molecule has 3 N–H and O–H groups in total. The lowest BCUT2D eigenvalue weighted by Gasteiger charge is -2.27. The van der Waals surface area contributed by atoms with E-state index >= 15 is 0 Å². The Morgan fingerprint density at radius 1 is 1.07 bits per heavy atom. The number of amides is 1. The van der Waals surface area contributed by atoms with Crippen LogP contribution in [0, 0.1) is 0 Å². The molecule has 0 heterocycles. The Bertz CT molecular complexity index is 810. The zero-order valence-corrected chi connectivity index (χ0v) is 19.1. The zero-order valence-electron chi connectivity index (χ0n) is 17.6. The molecule has 0 aliphatic rings. The van der Waals surface area contributed by atoms with Crippen LogP contribution in [0.25, 0.3) is 0 Å². The highest BCUT2D eigenvalue weighted by molar-refractivity contribution is 6.42. The lowest BCUT2D eigenvalue weighted by molar-refractivity contribution is 0.0423. The number of hydrogen-bond donors (Lipinski definition) is 3. The minimum Gasteiger partial charge on any atom is -0.444 e. The van der Waals surface area contributed by atoms with Crippen molar-refractivity contribution in [3.63, 3.8) is 0 Å². The number of carbonyl (C=O) groups is 1. The van der Waals surface area contributed by atoms with E-state index in [1.165, 1.54) is 0 Å². The molecular formula is C23H30Cl2N2O3. The molecular weight excluding hydrogens is 423 g/mol. The van der Waals surface area contributed by atoms with Crippen molar-refractivity contribution in [2.45, 2.75) is 51.4 Å². The first kappa shape index (κ1) is 24.5. The first-order valence-corrected chi connectivity index (χ1v) is 10.8. The van der Waals surface area contributed by atoms with E-state index in [9.17, 15) is 9.90 Å². The molecule has 7 heteroatoms. The van der Waals surface area contributed by atoms with Gasteiger partial charge in [-0.05, 0) is 63.4 Å². The van der Waals surface area contributed by atoms with Gasteiger partial charge in [0.25, 0.3) is 0 Å². The first-order chi connectivity index (χ1) is 14.1. The lowest BCUT2D eigenvalue weighted by atomic mass is 10.0. The van der Waals surface area contributed by atoms with Crippen molar-refractivity contribution in [2.75, 3.05) is 13.1 Å². The van der Waals surface area contributed by atoms with Crippen LogP contribution in [0.5, 0.6) is 0 Å². The molecule has 0 spiro atoms. The fraction of sp³-hybridized carbons (Fsp3) is 0.435. The first-order valence-electron chi connectivity index (χ1n) is 10.00. The van der Waals surface area contributed by atoms with Crippen LogP contribution in [0.1, 0.15) is 31.9 Å². The van der Waals surface area contributed by atoms with Gasteiger partial charge < -0.3 is 20.5 Å². The van der Waals surface area contributed by atoms with Gasteiger partial charge in [-0.25, -0.2) is 4.79 Å². The van der Waals surface area contributed by atoms with Crippen molar-refractivity contribution in [3.8, 4) is 0 Å². The molecule has 0 saturated carbocycles. The van der Waals surface area contributed by atoms with Crippen molar-refractivity contribution in [2.24, 2.45) is 0 Å². The van der Waals surface area contributed by atoms with Crippen LogP contribution in [0.4, 0.5) is 4.79 Å². The quantitative estimate of drug-likeness (QED) is 0.485. The average Bonchev–Trinajstić information content (AvgIpc) is 2.66. The van der Waals surface area contributed by atoms with E-state index in [2.05, 4.69) is 10.6 Å². The van der Waals surface area contributed by atoms with Crippen LogP contribution >= 0.6 is 23.2 Å². The van der Waals surface area contributed by atoms with E-state index in [4.69, 9.17) is 27.9 Å². The third kappa shape index (κ3) is 8.92. The van der Waals surface area contributed by atoms with Gasteiger partial charge >= 0.3 is 6.09 Å². The number of hydrogen-bond acceptors (Lipinski definition) is 4. The van der Waals surface area contributed by atoms with Crippen LogP contribution in [0.15, 0.2) is 48.5 Å². The number of rotatable bonds is 9. The third-order valence-electron chi connectivity index (χ3n) is 4.39. The van der Waals surface area contributed by atoms with E-state index in [1.54, 1.807) is 26.8 Å². The molecule has 1 amide bonds. The smallest absolute Gasteiger partial charge is 0.407 e. The van der Waals surface area contributed by atoms with Gasteiger partial charge in [0.05, 0.1) is 22.2 Å². The predicted molar refractivity (Wildman–Crippen MR) is 122 cm³/mol. The average molecular weight is 453 g/mol. The van der Waals surface area contributed by atoms with Crippen LogP contribution in [0.3, 0.4) is 0 Å². The summed E-state index contributed by atoms with van der Waals surface area (Å²) in [6, 6.07) is 14.8. The Labute approximate surface area is 188 Å². The highest BCUT2D eigenvalue weighted by Gasteiger charge is 2.24. The molecule has 2 aromatic rings. The summed E-state index contributed by atoms with van der Waals surface area (Å²) in [7, 11) is 0. The number of alkyl carbamates (subject to hydrolysis) is 1. The Morgan fingerprint density at radius 2 is 1.77 bits per heavy atom. The summed E-state index contributed by atoms with van der Waals surface area (Å²) in [5, 5.41) is 17.8. The van der Waals surface area contributed by atoms with E-state index in [0.29, 0.717) is 29.6 Å². The van der Waals surface area contributed by atoms with Crippen molar-refractivity contribution in [3.05, 3.63) is 69.7 Å². The van der Waals surface area contributed by atoms with Gasteiger partial charge in [0.2, 0.25) is 0 Å². The molecule has 164 valence electrons. The molecule has 0 radical (unpaired) electrons. The zero-order chi connectivity index (χ0) is 22.1. The van der Waals surface area contributed by atoms with Crippen LogP contribution < -0.4 is 10.6 Å². The molecule has 30 heavy (non-hydrogen) atoms. The minimum absolute atomic E-state index is 0.328. The van der Waals surface area contributed by atoms with E-state index in [0.717, 1.165) is 17.5 Å². The number of nitrogens with one attached hydrogen (secondary N) is 2. The second-order valence-corrected chi connectivity index (χ2v) is 9.03. The van der Waals surface area contributed by atoms with Gasteiger partial charge in [0.1, 0.15) is 5.60 Å². The molecule has 2 rings (SSSR count). The highest BCUT2D eigenvalue weighted by atomic mass is 35.5. The Hall–Kier alpha value is -1.79. The SMILES string of the molecule is CC(C)(C)OC(=O)N[C@@H](Cc1ccccc1)[C@H](O)CNCCc1ccc(Cl)c(Cl)c1. The number of halogens is 2. The second-order valence-electron chi connectivity index (χ2n) is 8.21. The van der Waals surface area contributed by atoms with Gasteiger partial charge in [-0.15, -0.1) is 0 Å². The Balaban J connectivity index is 1.91. The van der Waals surface area contributed by atoms with Crippen molar-refractivity contribution in [1.82, 2.24) is 10.6 Å². The van der Waals surface area contributed by atoms with E-state index in [1.807, 2.05) is 42.5 Å². The van der Waals surface area contributed by atoms with Crippen molar-refractivity contribution in [1.29, 1.82) is 0 Å². The molecule has 0 fully saturated rings. The normalized spacial score (nSPS) is 13.5. The summed E-state index contributed by atoms with van der Waals surface area (Å²) in [6.45, 7) is 6.40. The maximum atomic E-state index is 12.2. The summed E-state index contributed by atoms with van der Waals surface area (Å²) in [5.74, 6) is 0. The largest absolute Gasteiger partial charge is 0.444 e. The Kier molecular flexibility index (Phi) is 9.43. The number of aliphatic hydroxyl groups is 1. The molecule has 2 atom stereocenters. The number of benzene rings is 2. The molecule has 0 aromatic heterocycles. The molecule has 0 aliphatic heterocycles. The lowest BCUT2D eigenvalue weighted by Crippen LogP contribution is -2.50. The summed E-state index contributed by atoms with van der Waals surface area (Å²) < 4.78 is 5.36. The maximum absolute atomic E-state index is 12.2. The van der Waals surface area contributed by atoms with Gasteiger partial charge in [-0.2, -0.15) is 0 Å². The predicted octanol–water partition coefficient (Wildman–Crippen LogP) is 4.62. The number of aliphatic hydroxyl groups excluding tert-OH is 1. The molecule has 0 bridgehead atoms. The van der Waals surface area contributed by atoms with Gasteiger partial charge in [-0.1, -0.05) is 59.6 Å². The third-order valence-corrected chi connectivity index (χ3v) is 5.13.